The van der Waals surface area contributed by atoms with E-state index in [4.69, 9.17) is 5.73 Å². The molecule has 18 heavy (non-hydrogen) atoms. The summed E-state index contributed by atoms with van der Waals surface area (Å²) in [6.45, 7) is 6.48. The van der Waals surface area contributed by atoms with Gasteiger partial charge < -0.3 is 11.1 Å². The molecular formula is C15H20N2O. The van der Waals surface area contributed by atoms with E-state index in [1.807, 2.05) is 19.1 Å². The van der Waals surface area contributed by atoms with Crippen LogP contribution in [-0.4, -0.2) is 18.5 Å². The Bertz CT molecular complexity index is 469. The van der Waals surface area contributed by atoms with Crippen molar-refractivity contribution in [3.05, 3.63) is 35.4 Å². The molecule has 0 bridgehead atoms. The molecule has 96 valence electrons. The molecule has 0 heterocycles. The molecule has 1 unspecified atom stereocenters. The van der Waals surface area contributed by atoms with E-state index in [-0.39, 0.29) is 11.9 Å². The highest BCUT2D eigenvalue weighted by atomic mass is 16.1. The van der Waals surface area contributed by atoms with Crippen LogP contribution in [0.2, 0.25) is 0 Å². The molecule has 0 spiro atoms. The van der Waals surface area contributed by atoms with E-state index in [9.17, 15) is 4.79 Å². The molecule has 0 radical (unpaired) electrons. The van der Waals surface area contributed by atoms with Gasteiger partial charge in [-0.1, -0.05) is 31.8 Å². The number of benzene rings is 1. The van der Waals surface area contributed by atoms with Gasteiger partial charge in [0.1, 0.15) is 0 Å². The van der Waals surface area contributed by atoms with Gasteiger partial charge in [0, 0.05) is 17.2 Å². The van der Waals surface area contributed by atoms with Crippen LogP contribution >= 0.6 is 0 Å². The van der Waals surface area contributed by atoms with Gasteiger partial charge in [-0.05, 0) is 31.0 Å². The molecule has 0 saturated heterocycles. The zero-order valence-electron chi connectivity index (χ0n) is 11.2. The molecule has 3 nitrogen and oxygen atoms in total. The number of nitrogens with two attached hydrogens (primary N) is 1. The third-order valence-corrected chi connectivity index (χ3v) is 2.82. The Morgan fingerprint density at radius 3 is 2.72 bits per heavy atom. The summed E-state index contributed by atoms with van der Waals surface area (Å²) in [5, 5.41) is 2.97. The Balaban J connectivity index is 2.80. The summed E-state index contributed by atoms with van der Waals surface area (Å²) in [7, 11) is 0. The summed E-state index contributed by atoms with van der Waals surface area (Å²) in [5.41, 5.74) is 6.76. The molecule has 0 aliphatic heterocycles. The van der Waals surface area contributed by atoms with Gasteiger partial charge in [0.15, 0.2) is 0 Å². The van der Waals surface area contributed by atoms with Crippen LogP contribution in [0.3, 0.4) is 0 Å². The SMILES string of the molecule is CC(C)C(C)NC(=O)c1cccc(C#CCN)c1. The minimum Gasteiger partial charge on any atom is -0.349 e. The van der Waals surface area contributed by atoms with Crippen LogP contribution in [0.5, 0.6) is 0 Å². The predicted molar refractivity (Wildman–Crippen MR) is 74.1 cm³/mol. The second-order valence-corrected chi connectivity index (χ2v) is 4.59. The quantitative estimate of drug-likeness (QED) is 0.796. The molecule has 0 aliphatic rings. The molecule has 0 aliphatic carbocycles. The van der Waals surface area contributed by atoms with Crippen LogP contribution in [0.4, 0.5) is 0 Å². The highest BCUT2D eigenvalue weighted by molar-refractivity contribution is 5.94. The second-order valence-electron chi connectivity index (χ2n) is 4.59. The van der Waals surface area contributed by atoms with E-state index >= 15 is 0 Å². The van der Waals surface area contributed by atoms with Crippen LogP contribution in [0.25, 0.3) is 0 Å². The fourth-order valence-corrected chi connectivity index (χ4v) is 1.35. The molecule has 1 aromatic rings. The van der Waals surface area contributed by atoms with Crippen molar-refractivity contribution in [2.24, 2.45) is 11.7 Å². The number of rotatable bonds is 3. The molecule has 1 aromatic carbocycles. The van der Waals surface area contributed by atoms with Crippen molar-refractivity contribution in [3.8, 4) is 11.8 Å². The third kappa shape index (κ3) is 4.23. The first kappa shape index (κ1) is 14.3. The lowest BCUT2D eigenvalue weighted by Gasteiger charge is -2.17. The fourth-order valence-electron chi connectivity index (χ4n) is 1.35. The van der Waals surface area contributed by atoms with E-state index in [0.717, 1.165) is 5.56 Å². The smallest absolute Gasteiger partial charge is 0.251 e. The normalized spacial score (nSPS) is 11.6. The van der Waals surface area contributed by atoms with Crippen LogP contribution in [0.1, 0.15) is 36.7 Å². The van der Waals surface area contributed by atoms with Crippen molar-refractivity contribution in [1.29, 1.82) is 0 Å². The number of hydrogen-bond acceptors (Lipinski definition) is 2. The molecule has 1 rings (SSSR count). The first-order chi connectivity index (χ1) is 8.54. The largest absolute Gasteiger partial charge is 0.349 e. The molecule has 1 amide bonds. The van der Waals surface area contributed by atoms with Crippen molar-refractivity contribution in [3.63, 3.8) is 0 Å². The van der Waals surface area contributed by atoms with E-state index < -0.39 is 0 Å². The Hall–Kier alpha value is -1.79. The maximum Gasteiger partial charge on any atom is 0.251 e. The molecular weight excluding hydrogens is 224 g/mol. The van der Waals surface area contributed by atoms with Crippen molar-refractivity contribution in [2.45, 2.75) is 26.8 Å². The van der Waals surface area contributed by atoms with E-state index in [0.29, 0.717) is 18.0 Å². The fraction of sp³-hybridized carbons (Fsp3) is 0.400. The average molecular weight is 244 g/mol. The highest BCUT2D eigenvalue weighted by Gasteiger charge is 2.12. The molecule has 3 heteroatoms. The van der Waals surface area contributed by atoms with E-state index in [1.54, 1.807) is 12.1 Å². The third-order valence-electron chi connectivity index (χ3n) is 2.82. The number of amides is 1. The minimum atomic E-state index is -0.0624. The standard InChI is InChI=1S/C15H20N2O/c1-11(2)12(3)17-15(18)14-8-4-6-13(10-14)7-5-9-16/h4,6,8,10-12H,9,16H2,1-3H3,(H,17,18). The van der Waals surface area contributed by atoms with Gasteiger partial charge in [0.25, 0.3) is 5.91 Å². The molecule has 0 saturated carbocycles. The summed E-state index contributed by atoms with van der Waals surface area (Å²) in [4.78, 5) is 12.0. The number of carbonyl (C=O) groups is 1. The Morgan fingerprint density at radius 1 is 1.39 bits per heavy atom. The first-order valence-corrected chi connectivity index (χ1v) is 6.14. The number of carbonyl (C=O) groups excluding carboxylic acids is 1. The molecule has 0 fully saturated rings. The monoisotopic (exact) mass is 244 g/mol. The van der Waals surface area contributed by atoms with Gasteiger partial charge in [-0.25, -0.2) is 0 Å². The lowest BCUT2D eigenvalue weighted by molar-refractivity contribution is 0.0930. The summed E-state index contributed by atoms with van der Waals surface area (Å²) < 4.78 is 0. The Morgan fingerprint density at radius 2 is 2.11 bits per heavy atom. The van der Waals surface area contributed by atoms with Gasteiger partial charge >= 0.3 is 0 Å². The zero-order chi connectivity index (χ0) is 13.5. The second kappa shape index (κ2) is 6.83. The topological polar surface area (TPSA) is 55.1 Å². The lowest BCUT2D eigenvalue weighted by Crippen LogP contribution is -2.36. The van der Waals surface area contributed by atoms with Crippen molar-refractivity contribution in [1.82, 2.24) is 5.32 Å². The van der Waals surface area contributed by atoms with Gasteiger partial charge in [-0.15, -0.1) is 0 Å². The Kier molecular flexibility index (Phi) is 5.41. The summed E-state index contributed by atoms with van der Waals surface area (Å²) >= 11 is 0. The van der Waals surface area contributed by atoms with Crippen molar-refractivity contribution >= 4 is 5.91 Å². The summed E-state index contributed by atoms with van der Waals surface area (Å²) in [6.07, 6.45) is 0. The van der Waals surface area contributed by atoms with Gasteiger partial charge in [-0.3, -0.25) is 4.79 Å². The zero-order valence-corrected chi connectivity index (χ0v) is 11.2. The highest BCUT2D eigenvalue weighted by Crippen LogP contribution is 2.06. The predicted octanol–water partition coefficient (Wildman–Crippen LogP) is 1.77. The maximum atomic E-state index is 12.0. The van der Waals surface area contributed by atoms with Crippen molar-refractivity contribution < 1.29 is 4.79 Å². The van der Waals surface area contributed by atoms with Crippen LogP contribution in [0.15, 0.2) is 24.3 Å². The number of nitrogens with one attached hydrogen (secondary N) is 1. The molecule has 1 atom stereocenters. The van der Waals surface area contributed by atoms with Gasteiger partial charge in [0.05, 0.1) is 6.54 Å². The van der Waals surface area contributed by atoms with E-state index in [2.05, 4.69) is 31.0 Å². The number of hydrogen-bond donors (Lipinski definition) is 2. The van der Waals surface area contributed by atoms with Gasteiger partial charge in [0.2, 0.25) is 0 Å². The van der Waals surface area contributed by atoms with Crippen LogP contribution in [0, 0.1) is 17.8 Å². The van der Waals surface area contributed by atoms with Crippen LogP contribution in [-0.2, 0) is 0 Å². The Labute approximate surface area is 109 Å². The summed E-state index contributed by atoms with van der Waals surface area (Å²) in [6, 6.07) is 7.42. The van der Waals surface area contributed by atoms with Gasteiger partial charge in [-0.2, -0.15) is 0 Å². The average Bonchev–Trinajstić information content (AvgIpc) is 2.36. The first-order valence-electron chi connectivity index (χ1n) is 6.14. The molecule has 3 N–H and O–H groups in total. The van der Waals surface area contributed by atoms with Crippen molar-refractivity contribution in [2.75, 3.05) is 6.54 Å². The minimum absolute atomic E-state index is 0.0624. The molecule has 0 aromatic heterocycles. The lowest BCUT2D eigenvalue weighted by atomic mass is 10.1. The summed E-state index contributed by atoms with van der Waals surface area (Å²) in [5.74, 6) is 6.05. The van der Waals surface area contributed by atoms with E-state index in [1.165, 1.54) is 0 Å². The maximum absolute atomic E-state index is 12.0. The van der Waals surface area contributed by atoms with Crippen LogP contribution < -0.4 is 11.1 Å².